The molecule has 0 bridgehead atoms. The van der Waals surface area contributed by atoms with Gasteiger partial charge in [-0.15, -0.1) is 0 Å². The Balaban J connectivity index is 2.02. The van der Waals surface area contributed by atoms with Crippen LogP contribution in [0.5, 0.6) is 0 Å². The molecule has 1 unspecified atom stereocenters. The van der Waals surface area contributed by atoms with Gasteiger partial charge in [-0.25, -0.2) is 0 Å². The smallest absolute Gasteiger partial charge is 0.101 e. The topological polar surface area (TPSA) is 6.48 Å². The van der Waals surface area contributed by atoms with Crippen molar-refractivity contribution >= 4 is 0 Å². The Hall–Kier alpha value is -0.660. The highest BCUT2D eigenvalue weighted by molar-refractivity contribution is 4.97. The molecule has 0 aromatic rings. The first kappa shape index (κ1) is 45.4. The molecular weight excluding hydrogens is 581 g/mol. The zero-order chi connectivity index (χ0) is 34.4. The molecule has 0 amide bonds. The van der Waals surface area contributed by atoms with Gasteiger partial charge in [0.25, 0.3) is 0 Å². The Morgan fingerprint density at radius 3 is 0.729 bits per heavy atom. The first-order valence-electron chi connectivity index (χ1n) is 23.0. The lowest BCUT2D eigenvalue weighted by Gasteiger charge is -2.33. The van der Waals surface area contributed by atoms with Crippen LogP contribution in [0, 0.1) is 0 Å². The van der Waals surface area contributed by atoms with Gasteiger partial charge in [0.15, 0.2) is 0 Å². The van der Waals surface area contributed by atoms with Crippen molar-refractivity contribution in [3.63, 3.8) is 0 Å². The minimum Gasteiger partial charge on any atom is -0.356 e. The summed E-state index contributed by atoms with van der Waals surface area (Å²) < 4.78 is 0. The summed E-state index contributed by atoms with van der Waals surface area (Å²) in [6.07, 6.45) is 60.4. The summed E-state index contributed by atoms with van der Waals surface area (Å²) >= 11 is 0. The molecule has 1 heterocycles. The molecule has 1 rings (SSSR count). The van der Waals surface area contributed by atoms with E-state index in [1.54, 1.807) is 0 Å². The van der Waals surface area contributed by atoms with Gasteiger partial charge in [-0.3, -0.25) is 0 Å². The summed E-state index contributed by atoms with van der Waals surface area (Å²) in [7, 11) is 0. The lowest BCUT2D eigenvalue weighted by molar-refractivity contribution is 0.135. The Labute approximate surface area is 305 Å². The molecule has 0 fully saturated rings. The van der Waals surface area contributed by atoms with Crippen LogP contribution in [0.15, 0.2) is 12.4 Å². The van der Waals surface area contributed by atoms with Gasteiger partial charge >= 0.3 is 0 Å². The zero-order valence-electron chi connectivity index (χ0n) is 33.9. The number of rotatable bonds is 40. The average Bonchev–Trinajstić information content (AvgIpc) is 3.48. The van der Waals surface area contributed by atoms with E-state index in [-0.39, 0.29) is 0 Å². The molecule has 0 aromatic carbocycles. The fraction of sp³-hybridized carbons (Fsp3) is 0.957. The summed E-state index contributed by atoms with van der Waals surface area (Å²) in [4.78, 5) is 5.42. The maximum Gasteiger partial charge on any atom is 0.101 e. The van der Waals surface area contributed by atoms with Gasteiger partial charge in [-0.2, -0.15) is 0 Å². The monoisotopic (exact) mass is 673 g/mol. The van der Waals surface area contributed by atoms with Gasteiger partial charge in [-0.05, 0) is 25.7 Å². The quantitative estimate of drug-likeness (QED) is 0.0598. The van der Waals surface area contributed by atoms with E-state index in [2.05, 4.69) is 43.0 Å². The summed E-state index contributed by atoms with van der Waals surface area (Å²) in [5.74, 6) is 0. The van der Waals surface area contributed by atoms with E-state index in [1.165, 1.54) is 257 Å². The Morgan fingerprint density at radius 2 is 0.479 bits per heavy atom. The summed E-state index contributed by atoms with van der Waals surface area (Å²) in [6.45, 7) is 9.50. The highest BCUT2D eigenvalue weighted by Gasteiger charge is 2.24. The fourth-order valence-electron chi connectivity index (χ4n) is 7.95. The Bertz CT molecular complexity index is 630. The van der Waals surface area contributed by atoms with E-state index in [9.17, 15) is 0 Å². The number of hydrogen-bond donors (Lipinski definition) is 0. The molecule has 1 aliphatic rings. The number of unbranched alkanes of at least 4 members (excludes halogenated alkanes) is 34. The number of hydrogen-bond acceptors (Lipinski definition) is 2. The molecule has 0 saturated carbocycles. The van der Waals surface area contributed by atoms with Crippen LogP contribution in [0.2, 0.25) is 0 Å². The standard InChI is InChI=1S/C46H92N2/c1-4-7-10-13-15-17-19-21-23-25-27-29-31-33-35-37-40-43-48-45-44-47(46(48)41-38-12-9-6-3)42-39-36-34-32-30-28-26-24-22-20-18-16-14-11-8-5-2/h44-46H,4-43H2,1-3H3. The number of nitrogens with zero attached hydrogens (tertiary/aromatic N) is 2. The second-order valence-electron chi connectivity index (χ2n) is 16.1. The van der Waals surface area contributed by atoms with Crippen LogP contribution in [0.3, 0.4) is 0 Å². The summed E-state index contributed by atoms with van der Waals surface area (Å²) in [5.41, 5.74) is 0. The molecule has 2 heteroatoms. The van der Waals surface area contributed by atoms with Crippen LogP contribution >= 0.6 is 0 Å². The maximum absolute atomic E-state index is 2.71. The molecular formula is C46H92N2. The first-order chi connectivity index (χ1) is 23.8. The van der Waals surface area contributed by atoms with Gasteiger partial charge in [0.1, 0.15) is 6.17 Å². The van der Waals surface area contributed by atoms with E-state index in [1.807, 2.05) is 0 Å². The van der Waals surface area contributed by atoms with E-state index in [0.717, 1.165) is 0 Å². The minimum absolute atomic E-state index is 0.638. The molecule has 0 saturated heterocycles. The second-order valence-corrected chi connectivity index (χ2v) is 16.1. The summed E-state index contributed by atoms with van der Waals surface area (Å²) in [5, 5.41) is 0. The van der Waals surface area contributed by atoms with E-state index in [0.29, 0.717) is 6.17 Å². The molecule has 0 aliphatic carbocycles. The molecule has 0 spiro atoms. The SMILES string of the molecule is CCCCCCCCCCCCCCCCCCCN1C=CN(CCCCCCCCCCCCCCCCCC)C1CCCCCC. The minimum atomic E-state index is 0.638. The predicted octanol–water partition coefficient (Wildman–Crippen LogP) is 16.3. The van der Waals surface area contributed by atoms with Crippen molar-refractivity contribution in [3.05, 3.63) is 12.4 Å². The molecule has 2 nitrogen and oxygen atoms in total. The summed E-state index contributed by atoms with van der Waals surface area (Å²) in [6, 6.07) is 0. The van der Waals surface area contributed by atoms with Gasteiger partial charge < -0.3 is 9.80 Å². The van der Waals surface area contributed by atoms with Gasteiger partial charge in [0.05, 0.1) is 0 Å². The highest BCUT2D eigenvalue weighted by atomic mass is 15.4. The average molecular weight is 673 g/mol. The molecule has 1 aliphatic heterocycles. The molecule has 1 atom stereocenters. The molecule has 0 aromatic heterocycles. The lowest BCUT2D eigenvalue weighted by Crippen LogP contribution is -2.39. The normalized spacial score (nSPS) is 14.6. The fourth-order valence-corrected chi connectivity index (χ4v) is 7.95. The van der Waals surface area contributed by atoms with Crippen LogP contribution in [0.4, 0.5) is 0 Å². The van der Waals surface area contributed by atoms with Crippen molar-refractivity contribution < 1.29 is 0 Å². The van der Waals surface area contributed by atoms with Crippen molar-refractivity contribution in [1.29, 1.82) is 0 Å². The van der Waals surface area contributed by atoms with E-state index in [4.69, 9.17) is 0 Å². The Kier molecular flexibility index (Phi) is 35.5. The molecule has 286 valence electrons. The highest BCUT2D eigenvalue weighted by Crippen LogP contribution is 2.24. The van der Waals surface area contributed by atoms with Crippen LogP contribution < -0.4 is 0 Å². The van der Waals surface area contributed by atoms with E-state index < -0.39 is 0 Å². The predicted molar refractivity (Wildman–Crippen MR) is 219 cm³/mol. The van der Waals surface area contributed by atoms with Crippen LogP contribution in [0.1, 0.15) is 265 Å². The molecule has 0 N–H and O–H groups in total. The molecule has 0 radical (unpaired) electrons. The second kappa shape index (κ2) is 37.6. The van der Waals surface area contributed by atoms with Gasteiger partial charge in [0.2, 0.25) is 0 Å². The third-order valence-electron chi connectivity index (χ3n) is 11.3. The van der Waals surface area contributed by atoms with Crippen LogP contribution in [-0.4, -0.2) is 29.1 Å². The van der Waals surface area contributed by atoms with Crippen molar-refractivity contribution in [2.75, 3.05) is 13.1 Å². The van der Waals surface area contributed by atoms with Crippen LogP contribution in [-0.2, 0) is 0 Å². The van der Waals surface area contributed by atoms with Crippen LogP contribution in [0.25, 0.3) is 0 Å². The van der Waals surface area contributed by atoms with Crippen molar-refractivity contribution in [3.8, 4) is 0 Å². The molecule has 48 heavy (non-hydrogen) atoms. The third kappa shape index (κ3) is 29.1. The largest absolute Gasteiger partial charge is 0.356 e. The van der Waals surface area contributed by atoms with Gasteiger partial charge in [0, 0.05) is 25.5 Å². The van der Waals surface area contributed by atoms with Crippen molar-refractivity contribution in [2.24, 2.45) is 0 Å². The Morgan fingerprint density at radius 1 is 0.271 bits per heavy atom. The zero-order valence-corrected chi connectivity index (χ0v) is 33.9. The van der Waals surface area contributed by atoms with E-state index >= 15 is 0 Å². The third-order valence-corrected chi connectivity index (χ3v) is 11.3. The first-order valence-corrected chi connectivity index (χ1v) is 23.0. The van der Waals surface area contributed by atoms with Crippen molar-refractivity contribution in [1.82, 2.24) is 9.80 Å². The van der Waals surface area contributed by atoms with Crippen molar-refractivity contribution in [2.45, 2.75) is 271 Å². The lowest BCUT2D eigenvalue weighted by atomic mass is 10.0. The maximum atomic E-state index is 2.71. The van der Waals surface area contributed by atoms with Gasteiger partial charge in [-0.1, -0.05) is 239 Å².